The number of likely N-dealkylation sites (N-methyl/N-ethyl adjacent to an activating group) is 2. The maximum atomic E-state index is 13.0. The average molecular weight is 444 g/mol. The minimum atomic E-state index is -0.298. The van der Waals surface area contributed by atoms with Crippen LogP contribution in [0.4, 0.5) is 11.4 Å². The third kappa shape index (κ3) is 5.11. The fourth-order valence-corrected chi connectivity index (χ4v) is 3.83. The van der Waals surface area contributed by atoms with E-state index in [1.807, 2.05) is 49.4 Å². The number of amides is 2. The average Bonchev–Trinajstić information content (AvgIpc) is 2.71. The molecule has 0 saturated heterocycles. The predicted octanol–water partition coefficient (Wildman–Crippen LogP) is 5.07. The molecule has 3 aromatic rings. The summed E-state index contributed by atoms with van der Waals surface area (Å²) in [6.07, 6.45) is 0. The second-order valence-electron chi connectivity index (χ2n) is 6.95. The number of carbonyl (C=O) groups is 2. The molecule has 0 aromatic heterocycles. The zero-order valence-electron chi connectivity index (χ0n) is 16.9. The van der Waals surface area contributed by atoms with Crippen molar-refractivity contribution in [2.75, 3.05) is 36.9 Å². The van der Waals surface area contributed by atoms with Crippen LogP contribution < -0.4 is 10.2 Å². The molecule has 0 saturated carbocycles. The van der Waals surface area contributed by atoms with Crippen molar-refractivity contribution in [2.24, 2.45) is 0 Å². The molecule has 3 aromatic carbocycles. The number of nitrogens with one attached hydrogen (secondary N) is 1. The highest BCUT2D eigenvalue weighted by molar-refractivity contribution is 6.39. The standard InChI is InChI=1S/C23H23Cl2N3O2/c1-3-28(20-13-6-9-16-8-4-5-10-17(16)20)22(30)15-27(2)14-21(29)26-23-18(24)11-7-12-19(23)25/h4-13H,3,14-15H2,1-2H3,(H,26,29). The van der Waals surface area contributed by atoms with Gasteiger partial charge in [0.25, 0.3) is 0 Å². The fourth-order valence-electron chi connectivity index (χ4n) is 3.34. The van der Waals surface area contributed by atoms with E-state index < -0.39 is 0 Å². The molecule has 3 rings (SSSR count). The summed E-state index contributed by atoms with van der Waals surface area (Å²) in [5.74, 6) is -0.381. The van der Waals surface area contributed by atoms with Crippen LogP contribution in [0.1, 0.15) is 6.92 Å². The van der Waals surface area contributed by atoms with Gasteiger partial charge < -0.3 is 10.2 Å². The number of halogens is 2. The minimum Gasteiger partial charge on any atom is -0.322 e. The summed E-state index contributed by atoms with van der Waals surface area (Å²) in [5, 5.41) is 5.53. The quantitative estimate of drug-likeness (QED) is 0.554. The van der Waals surface area contributed by atoms with E-state index in [9.17, 15) is 9.59 Å². The van der Waals surface area contributed by atoms with Crippen LogP contribution in [0, 0.1) is 0 Å². The Kier molecular flexibility index (Phi) is 7.32. The van der Waals surface area contributed by atoms with E-state index in [1.54, 1.807) is 35.0 Å². The lowest BCUT2D eigenvalue weighted by molar-refractivity contribution is -0.120. The van der Waals surface area contributed by atoms with Gasteiger partial charge in [-0.15, -0.1) is 0 Å². The van der Waals surface area contributed by atoms with Crippen LogP contribution in [-0.4, -0.2) is 43.4 Å². The highest BCUT2D eigenvalue weighted by atomic mass is 35.5. The van der Waals surface area contributed by atoms with E-state index in [-0.39, 0.29) is 24.9 Å². The lowest BCUT2D eigenvalue weighted by atomic mass is 10.1. The Bertz CT molecular complexity index is 1050. The van der Waals surface area contributed by atoms with Gasteiger partial charge in [0.15, 0.2) is 0 Å². The molecule has 0 aliphatic rings. The van der Waals surface area contributed by atoms with E-state index in [0.717, 1.165) is 16.5 Å². The monoisotopic (exact) mass is 443 g/mol. The van der Waals surface area contributed by atoms with Crippen molar-refractivity contribution in [1.29, 1.82) is 0 Å². The van der Waals surface area contributed by atoms with Gasteiger partial charge in [0.2, 0.25) is 11.8 Å². The van der Waals surface area contributed by atoms with Crippen molar-refractivity contribution < 1.29 is 9.59 Å². The fraction of sp³-hybridized carbons (Fsp3) is 0.217. The molecule has 0 aliphatic carbocycles. The summed E-state index contributed by atoms with van der Waals surface area (Å²) in [5.41, 5.74) is 1.23. The maximum absolute atomic E-state index is 13.0. The highest BCUT2D eigenvalue weighted by Crippen LogP contribution is 2.30. The molecule has 7 heteroatoms. The number of anilines is 2. The Morgan fingerprint density at radius 1 is 0.900 bits per heavy atom. The van der Waals surface area contributed by atoms with Crippen LogP contribution in [0.15, 0.2) is 60.7 Å². The van der Waals surface area contributed by atoms with Crippen LogP contribution in [0.3, 0.4) is 0 Å². The van der Waals surface area contributed by atoms with Crippen LogP contribution in [-0.2, 0) is 9.59 Å². The first-order chi connectivity index (χ1) is 14.4. The smallest absolute Gasteiger partial charge is 0.241 e. The lowest BCUT2D eigenvalue weighted by Crippen LogP contribution is -2.41. The second-order valence-corrected chi connectivity index (χ2v) is 7.77. The van der Waals surface area contributed by atoms with Crippen molar-refractivity contribution in [2.45, 2.75) is 6.92 Å². The summed E-state index contributed by atoms with van der Waals surface area (Å²) >= 11 is 12.2. The van der Waals surface area contributed by atoms with Gasteiger partial charge in [-0.3, -0.25) is 14.5 Å². The van der Waals surface area contributed by atoms with Gasteiger partial charge in [-0.2, -0.15) is 0 Å². The number of benzene rings is 3. The summed E-state index contributed by atoms with van der Waals surface area (Å²) in [6, 6.07) is 18.9. The van der Waals surface area contributed by atoms with E-state index in [2.05, 4.69) is 5.32 Å². The van der Waals surface area contributed by atoms with E-state index in [0.29, 0.717) is 22.3 Å². The van der Waals surface area contributed by atoms with Crippen molar-refractivity contribution in [3.05, 3.63) is 70.7 Å². The molecule has 0 spiro atoms. The zero-order chi connectivity index (χ0) is 21.7. The van der Waals surface area contributed by atoms with Gasteiger partial charge in [0.05, 0.1) is 34.5 Å². The van der Waals surface area contributed by atoms with Gasteiger partial charge in [-0.25, -0.2) is 0 Å². The molecular formula is C23H23Cl2N3O2. The largest absolute Gasteiger partial charge is 0.322 e. The van der Waals surface area contributed by atoms with E-state index >= 15 is 0 Å². The number of rotatable bonds is 7. The maximum Gasteiger partial charge on any atom is 0.241 e. The Morgan fingerprint density at radius 3 is 2.23 bits per heavy atom. The summed E-state index contributed by atoms with van der Waals surface area (Å²) in [6.45, 7) is 2.59. The lowest BCUT2D eigenvalue weighted by Gasteiger charge is -2.25. The first-order valence-electron chi connectivity index (χ1n) is 9.61. The topological polar surface area (TPSA) is 52.7 Å². The van der Waals surface area contributed by atoms with Crippen LogP contribution >= 0.6 is 23.2 Å². The molecule has 0 fully saturated rings. The Labute approximate surface area is 186 Å². The van der Waals surface area contributed by atoms with Gasteiger partial charge >= 0.3 is 0 Å². The molecule has 0 aliphatic heterocycles. The van der Waals surface area contributed by atoms with Crippen LogP contribution in [0.25, 0.3) is 10.8 Å². The summed E-state index contributed by atoms with van der Waals surface area (Å²) in [4.78, 5) is 28.8. The number of carbonyl (C=O) groups excluding carboxylic acids is 2. The molecule has 30 heavy (non-hydrogen) atoms. The molecule has 0 heterocycles. The number of hydrogen-bond donors (Lipinski definition) is 1. The van der Waals surface area contributed by atoms with Crippen LogP contribution in [0.2, 0.25) is 10.0 Å². The number of hydrogen-bond acceptors (Lipinski definition) is 3. The van der Waals surface area contributed by atoms with E-state index in [1.165, 1.54) is 0 Å². The Morgan fingerprint density at radius 2 is 1.53 bits per heavy atom. The summed E-state index contributed by atoms with van der Waals surface area (Å²) in [7, 11) is 1.72. The third-order valence-corrected chi connectivity index (χ3v) is 5.35. The first-order valence-corrected chi connectivity index (χ1v) is 10.4. The molecule has 156 valence electrons. The number of fused-ring (bicyclic) bond motifs is 1. The summed E-state index contributed by atoms with van der Waals surface area (Å²) < 4.78 is 0. The molecular weight excluding hydrogens is 421 g/mol. The second kappa shape index (κ2) is 9.94. The molecule has 0 bridgehead atoms. The zero-order valence-corrected chi connectivity index (χ0v) is 18.4. The minimum absolute atomic E-state index is 0.0282. The van der Waals surface area contributed by atoms with E-state index in [4.69, 9.17) is 23.2 Å². The Hall–Kier alpha value is -2.60. The van der Waals surface area contributed by atoms with Crippen LogP contribution in [0.5, 0.6) is 0 Å². The third-order valence-electron chi connectivity index (χ3n) is 4.72. The molecule has 1 N–H and O–H groups in total. The molecule has 0 atom stereocenters. The normalized spacial score (nSPS) is 11.0. The Balaban J connectivity index is 1.67. The molecule has 2 amide bonds. The number of para-hydroxylation sites is 1. The molecule has 5 nitrogen and oxygen atoms in total. The van der Waals surface area contributed by atoms with Crippen molar-refractivity contribution in [3.63, 3.8) is 0 Å². The van der Waals surface area contributed by atoms with Crippen molar-refractivity contribution in [1.82, 2.24) is 4.90 Å². The molecule has 0 radical (unpaired) electrons. The van der Waals surface area contributed by atoms with Gasteiger partial charge in [0, 0.05) is 11.9 Å². The SMILES string of the molecule is CCN(C(=O)CN(C)CC(=O)Nc1c(Cl)cccc1Cl)c1cccc2ccccc12. The van der Waals surface area contributed by atoms with Gasteiger partial charge in [0.1, 0.15) is 0 Å². The van der Waals surface area contributed by atoms with Gasteiger partial charge in [-0.1, -0.05) is 65.7 Å². The first kappa shape index (κ1) is 22.1. The van der Waals surface area contributed by atoms with Crippen molar-refractivity contribution in [3.8, 4) is 0 Å². The molecule has 0 unspecified atom stereocenters. The van der Waals surface area contributed by atoms with Crippen molar-refractivity contribution >= 4 is 57.2 Å². The number of nitrogens with zero attached hydrogens (tertiary/aromatic N) is 2. The highest BCUT2D eigenvalue weighted by Gasteiger charge is 2.19. The predicted molar refractivity (Wildman–Crippen MR) is 125 cm³/mol. The van der Waals surface area contributed by atoms with Gasteiger partial charge in [-0.05, 0) is 37.6 Å².